The second-order valence-corrected chi connectivity index (χ2v) is 5.44. The Balaban J connectivity index is 2.03. The van der Waals surface area contributed by atoms with Gasteiger partial charge in [-0.2, -0.15) is 0 Å². The predicted octanol–water partition coefficient (Wildman–Crippen LogP) is 3.43. The van der Waals surface area contributed by atoms with Crippen LogP contribution in [0.1, 0.15) is 25.7 Å². The van der Waals surface area contributed by atoms with Gasteiger partial charge in [-0.05, 0) is 43.2 Å². The summed E-state index contributed by atoms with van der Waals surface area (Å²) in [6, 6.07) is 8.22. The average Bonchev–Trinajstić information content (AvgIpc) is 2.66. The summed E-state index contributed by atoms with van der Waals surface area (Å²) in [6.07, 6.45) is 0. The van der Waals surface area contributed by atoms with Gasteiger partial charge in [0.1, 0.15) is 5.82 Å². The van der Waals surface area contributed by atoms with E-state index in [1.54, 1.807) is 12.1 Å². The molecular weight excluding hydrogens is 249 g/mol. The van der Waals surface area contributed by atoms with Crippen LogP contribution in [0.3, 0.4) is 0 Å². The van der Waals surface area contributed by atoms with Crippen molar-refractivity contribution in [1.29, 1.82) is 0 Å². The van der Waals surface area contributed by atoms with E-state index in [2.05, 4.69) is 5.32 Å². The lowest BCUT2D eigenvalue weighted by Crippen LogP contribution is -2.22. The monoisotopic (exact) mass is 263 g/mol. The molecule has 2 aromatic rings. The standard InChI is InChI=1S/C14H14FNOS/c1-9-6-10(2)18-13(9)14(17)16-8-11-4-3-5-12(15)7-11/h3-7H,8H2,1-2H3,(H,16,17). The highest BCUT2D eigenvalue weighted by molar-refractivity contribution is 7.14. The Labute approximate surface area is 109 Å². The second-order valence-electron chi connectivity index (χ2n) is 4.18. The van der Waals surface area contributed by atoms with Gasteiger partial charge in [-0.3, -0.25) is 4.79 Å². The lowest BCUT2D eigenvalue weighted by Gasteiger charge is -2.04. The molecule has 4 heteroatoms. The molecule has 0 spiro atoms. The topological polar surface area (TPSA) is 29.1 Å². The second kappa shape index (κ2) is 5.31. The normalized spacial score (nSPS) is 10.4. The van der Waals surface area contributed by atoms with E-state index in [9.17, 15) is 9.18 Å². The van der Waals surface area contributed by atoms with E-state index < -0.39 is 0 Å². The molecule has 0 saturated heterocycles. The van der Waals surface area contributed by atoms with E-state index in [4.69, 9.17) is 0 Å². The van der Waals surface area contributed by atoms with Crippen LogP contribution in [-0.2, 0) is 6.54 Å². The van der Waals surface area contributed by atoms with E-state index in [0.29, 0.717) is 6.54 Å². The molecule has 1 aromatic carbocycles. The molecular formula is C14H14FNOS. The number of amides is 1. The summed E-state index contributed by atoms with van der Waals surface area (Å²) in [5.74, 6) is -0.389. The first-order valence-corrected chi connectivity index (χ1v) is 6.47. The number of carbonyl (C=O) groups is 1. The van der Waals surface area contributed by atoms with E-state index in [0.717, 1.165) is 20.9 Å². The molecule has 0 atom stereocenters. The van der Waals surface area contributed by atoms with E-state index in [-0.39, 0.29) is 11.7 Å². The molecule has 0 bridgehead atoms. The summed E-state index contributed by atoms with van der Waals surface area (Å²) in [5.41, 5.74) is 1.74. The molecule has 0 aliphatic carbocycles. The van der Waals surface area contributed by atoms with Crippen LogP contribution in [0, 0.1) is 19.7 Å². The first-order chi connectivity index (χ1) is 8.56. The third kappa shape index (κ3) is 2.96. The minimum Gasteiger partial charge on any atom is -0.347 e. The van der Waals surface area contributed by atoms with Gasteiger partial charge in [0.05, 0.1) is 4.88 Å². The van der Waals surface area contributed by atoms with E-state index >= 15 is 0 Å². The summed E-state index contributed by atoms with van der Waals surface area (Å²) in [5, 5.41) is 2.80. The summed E-state index contributed by atoms with van der Waals surface area (Å²) in [6.45, 7) is 4.23. The number of halogens is 1. The van der Waals surface area contributed by atoms with Crippen LogP contribution in [0.5, 0.6) is 0 Å². The molecule has 0 unspecified atom stereocenters. The number of hydrogen-bond acceptors (Lipinski definition) is 2. The largest absolute Gasteiger partial charge is 0.347 e. The summed E-state index contributed by atoms with van der Waals surface area (Å²) >= 11 is 1.47. The third-order valence-electron chi connectivity index (χ3n) is 2.59. The Hall–Kier alpha value is -1.68. The Morgan fingerprint density at radius 3 is 2.72 bits per heavy atom. The maximum absolute atomic E-state index is 13.0. The van der Waals surface area contributed by atoms with Gasteiger partial charge in [-0.15, -0.1) is 11.3 Å². The summed E-state index contributed by atoms with van der Waals surface area (Å²) in [7, 11) is 0. The maximum Gasteiger partial charge on any atom is 0.261 e. The minimum absolute atomic E-state index is 0.102. The Kier molecular flexibility index (Phi) is 3.77. The molecule has 1 amide bonds. The third-order valence-corrected chi connectivity index (χ3v) is 3.74. The smallest absolute Gasteiger partial charge is 0.261 e. The number of hydrogen-bond donors (Lipinski definition) is 1. The first-order valence-electron chi connectivity index (χ1n) is 5.66. The van der Waals surface area contributed by atoms with Crippen molar-refractivity contribution in [3.63, 3.8) is 0 Å². The Morgan fingerprint density at radius 2 is 2.11 bits per heavy atom. The number of carbonyl (C=O) groups excluding carboxylic acids is 1. The Morgan fingerprint density at radius 1 is 1.33 bits per heavy atom. The van der Waals surface area contributed by atoms with E-state index in [1.165, 1.54) is 23.5 Å². The molecule has 0 saturated carbocycles. The molecule has 2 nitrogen and oxygen atoms in total. The number of thiophene rings is 1. The van der Waals surface area contributed by atoms with Crippen molar-refractivity contribution in [3.8, 4) is 0 Å². The highest BCUT2D eigenvalue weighted by atomic mass is 32.1. The predicted molar refractivity (Wildman–Crippen MR) is 71.4 cm³/mol. The lowest BCUT2D eigenvalue weighted by molar-refractivity contribution is 0.0954. The zero-order valence-corrected chi connectivity index (χ0v) is 11.1. The fourth-order valence-corrected chi connectivity index (χ4v) is 2.72. The molecule has 1 N–H and O–H groups in total. The quantitative estimate of drug-likeness (QED) is 0.903. The number of benzene rings is 1. The lowest BCUT2D eigenvalue weighted by atomic mass is 10.2. The van der Waals surface area contributed by atoms with Crippen molar-refractivity contribution in [2.24, 2.45) is 0 Å². The fourth-order valence-electron chi connectivity index (χ4n) is 1.78. The molecule has 1 aromatic heterocycles. The fraction of sp³-hybridized carbons (Fsp3) is 0.214. The number of aryl methyl sites for hydroxylation is 2. The van der Waals surface area contributed by atoms with Crippen LogP contribution < -0.4 is 5.32 Å². The van der Waals surface area contributed by atoms with Gasteiger partial charge in [-0.1, -0.05) is 12.1 Å². The van der Waals surface area contributed by atoms with Gasteiger partial charge < -0.3 is 5.32 Å². The zero-order valence-electron chi connectivity index (χ0n) is 10.3. The molecule has 0 aliphatic heterocycles. The van der Waals surface area contributed by atoms with Gasteiger partial charge in [0.15, 0.2) is 0 Å². The van der Waals surface area contributed by atoms with Crippen LogP contribution in [0.2, 0.25) is 0 Å². The molecule has 18 heavy (non-hydrogen) atoms. The van der Waals surface area contributed by atoms with Crippen molar-refractivity contribution in [1.82, 2.24) is 5.32 Å². The highest BCUT2D eigenvalue weighted by Crippen LogP contribution is 2.20. The van der Waals surface area contributed by atoms with Crippen molar-refractivity contribution in [3.05, 3.63) is 57.0 Å². The Bertz CT molecular complexity index is 577. The van der Waals surface area contributed by atoms with E-state index in [1.807, 2.05) is 19.9 Å². The van der Waals surface area contributed by atoms with Crippen LogP contribution in [0.4, 0.5) is 4.39 Å². The van der Waals surface area contributed by atoms with Crippen LogP contribution >= 0.6 is 11.3 Å². The first kappa shape index (κ1) is 12.8. The summed E-state index contributed by atoms with van der Waals surface area (Å²) in [4.78, 5) is 13.8. The zero-order chi connectivity index (χ0) is 13.1. The maximum atomic E-state index is 13.0. The molecule has 94 valence electrons. The number of nitrogens with one attached hydrogen (secondary N) is 1. The van der Waals surface area contributed by atoms with Crippen LogP contribution in [0.15, 0.2) is 30.3 Å². The van der Waals surface area contributed by atoms with Crippen LogP contribution in [-0.4, -0.2) is 5.91 Å². The molecule has 2 rings (SSSR count). The van der Waals surface area contributed by atoms with Crippen molar-refractivity contribution in [2.45, 2.75) is 20.4 Å². The average molecular weight is 263 g/mol. The molecule has 0 radical (unpaired) electrons. The highest BCUT2D eigenvalue weighted by Gasteiger charge is 2.11. The van der Waals surface area contributed by atoms with Crippen LogP contribution in [0.25, 0.3) is 0 Å². The van der Waals surface area contributed by atoms with Crippen molar-refractivity contribution in [2.75, 3.05) is 0 Å². The van der Waals surface area contributed by atoms with Crippen molar-refractivity contribution < 1.29 is 9.18 Å². The van der Waals surface area contributed by atoms with Gasteiger partial charge in [0.2, 0.25) is 0 Å². The summed E-state index contributed by atoms with van der Waals surface area (Å²) < 4.78 is 13.0. The number of rotatable bonds is 3. The van der Waals surface area contributed by atoms with Gasteiger partial charge in [-0.25, -0.2) is 4.39 Å². The minimum atomic E-state index is -0.287. The van der Waals surface area contributed by atoms with Crippen molar-refractivity contribution >= 4 is 17.2 Å². The molecule has 0 aliphatic rings. The van der Waals surface area contributed by atoms with Gasteiger partial charge in [0.25, 0.3) is 5.91 Å². The van der Waals surface area contributed by atoms with Gasteiger partial charge >= 0.3 is 0 Å². The molecule has 1 heterocycles. The van der Waals surface area contributed by atoms with Gasteiger partial charge in [0, 0.05) is 11.4 Å². The SMILES string of the molecule is Cc1cc(C)c(C(=O)NCc2cccc(F)c2)s1. The molecule has 0 fully saturated rings.